The molecular weight excluding hydrogens is 182 g/mol. The van der Waals surface area contributed by atoms with Crippen LogP contribution in [0.2, 0.25) is 0 Å². The molecule has 2 nitrogen and oxygen atoms in total. The van der Waals surface area contributed by atoms with E-state index in [0.29, 0.717) is 0 Å². The van der Waals surface area contributed by atoms with Crippen molar-refractivity contribution in [3.8, 4) is 0 Å². The van der Waals surface area contributed by atoms with Gasteiger partial charge in [0.15, 0.2) is 4.75 Å². The Hall–Kier alpha value is -0.510. The third-order valence-corrected chi connectivity index (χ3v) is 3.49. The van der Waals surface area contributed by atoms with Crippen LogP contribution in [0, 0.1) is 6.92 Å². The van der Waals surface area contributed by atoms with Gasteiger partial charge in [-0.25, -0.2) is 0 Å². The fourth-order valence-corrected chi connectivity index (χ4v) is 1.44. The molecule has 0 radical (unpaired) electrons. The molecule has 0 fully saturated rings. The first kappa shape index (κ1) is 10.6. The third kappa shape index (κ3) is 2.24. The van der Waals surface area contributed by atoms with Gasteiger partial charge in [0, 0.05) is 16.9 Å². The molecule has 0 saturated heterocycles. The van der Waals surface area contributed by atoms with Gasteiger partial charge in [0.05, 0.1) is 0 Å². The summed E-state index contributed by atoms with van der Waals surface area (Å²) in [5.41, 5.74) is 2.21. The van der Waals surface area contributed by atoms with Crippen LogP contribution in [0.15, 0.2) is 24.3 Å². The number of hydrogen-bond acceptors (Lipinski definition) is 2. The lowest BCUT2D eigenvalue weighted by Gasteiger charge is -2.24. The first-order valence-electron chi connectivity index (χ1n) is 4.18. The average Bonchev–Trinajstić information content (AvgIpc) is 2.04. The van der Waals surface area contributed by atoms with Crippen molar-refractivity contribution < 1.29 is 4.55 Å². The van der Waals surface area contributed by atoms with E-state index in [0.717, 1.165) is 5.56 Å². The highest BCUT2D eigenvalue weighted by molar-refractivity contribution is 7.90. The van der Waals surface area contributed by atoms with Crippen molar-refractivity contribution in [2.75, 3.05) is 0 Å². The van der Waals surface area contributed by atoms with Gasteiger partial charge in [-0.15, -0.1) is 0 Å². The average molecular weight is 197 g/mol. The second kappa shape index (κ2) is 3.70. The van der Waals surface area contributed by atoms with E-state index in [-0.39, 0.29) is 0 Å². The van der Waals surface area contributed by atoms with Crippen molar-refractivity contribution in [2.45, 2.75) is 25.5 Å². The lowest BCUT2D eigenvalue weighted by molar-refractivity contribution is 0.556. The highest BCUT2D eigenvalue weighted by Gasteiger charge is 2.31. The summed E-state index contributed by atoms with van der Waals surface area (Å²) in [7, 11) is 0. The Morgan fingerprint density at radius 3 is 2.08 bits per heavy atom. The van der Waals surface area contributed by atoms with Gasteiger partial charge >= 0.3 is 0 Å². The Kier molecular flexibility index (Phi) is 3.01. The molecular formula is C10H15NOS. The number of aryl methyl sites for hydroxylation is 1. The van der Waals surface area contributed by atoms with Gasteiger partial charge in [-0.3, -0.25) is 0 Å². The van der Waals surface area contributed by atoms with Crippen LogP contribution in [0.4, 0.5) is 0 Å². The summed E-state index contributed by atoms with van der Waals surface area (Å²) in [4.78, 5) is 0. The van der Waals surface area contributed by atoms with Gasteiger partial charge in [-0.1, -0.05) is 29.8 Å². The van der Waals surface area contributed by atoms with Crippen molar-refractivity contribution in [2.24, 2.45) is 5.14 Å². The van der Waals surface area contributed by atoms with E-state index in [1.54, 1.807) is 0 Å². The van der Waals surface area contributed by atoms with E-state index < -0.39 is 16.1 Å². The molecule has 2 N–H and O–H groups in total. The fourth-order valence-electron chi connectivity index (χ4n) is 1.07. The molecule has 1 rings (SSSR count). The summed E-state index contributed by atoms with van der Waals surface area (Å²) in [5, 5.41) is 5.41. The summed E-state index contributed by atoms with van der Waals surface area (Å²) in [6.45, 7) is 5.79. The Morgan fingerprint density at radius 1 is 1.23 bits per heavy atom. The van der Waals surface area contributed by atoms with Crippen molar-refractivity contribution in [3.05, 3.63) is 35.4 Å². The lowest BCUT2D eigenvalue weighted by Crippen LogP contribution is -2.35. The van der Waals surface area contributed by atoms with Gasteiger partial charge in [-0.2, -0.15) is 5.14 Å². The molecule has 1 unspecified atom stereocenters. The maximum Gasteiger partial charge on any atom is 0.164 e. The third-order valence-electron chi connectivity index (χ3n) is 2.25. The number of benzene rings is 1. The van der Waals surface area contributed by atoms with Crippen LogP contribution >= 0.6 is 0 Å². The van der Waals surface area contributed by atoms with E-state index in [4.69, 9.17) is 5.14 Å². The maximum atomic E-state index is 11.2. The largest absolute Gasteiger partial charge is 0.598 e. The molecule has 13 heavy (non-hydrogen) atoms. The van der Waals surface area contributed by atoms with Crippen LogP contribution in [0.1, 0.15) is 25.0 Å². The summed E-state index contributed by atoms with van der Waals surface area (Å²) in [6, 6.07) is 7.95. The topological polar surface area (TPSA) is 49.1 Å². The van der Waals surface area contributed by atoms with Crippen LogP contribution in [0.25, 0.3) is 0 Å². The number of hydrogen-bond donors (Lipinski definition) is 1. The molecule has 3 heteroatoms. The molecule has 0 aliphatic heterocycles. The molecule has 1 aromatic carbocycles. The van der Waals surface area contributed by atoms with Crippen molar-refractivity contribution in [1.82, 2.24) is 0 Å². The summed E-state index contributed by atoms with van der Waals surface area (Å²) in [6.07, 6.45) is 0. The number of rotatable bonds is 2. The molecule has 72 valence electrons. The van der Waals surface area contributed by atoms with Gasteiger partial charge in [0.1, 0.15) is 0 Å². The second-order valence-electron chi connectivity index (χ2n) is 3.67. The van der Waals surface area contributed by atoms with Crippen LogP contribution in [-0.2, 0) is 16.1 Å². The Balaban J connectivity index is 3.01. The summed E-state index contributed by atoms with van der Waals surface area (Å²) >= 11 is -1.33. The lowest BCUT2D eigenvalue weighted by atomic mass is 10.0. The zero-order valence-electron chi connectivity index (χ0n) is 8.20. The smallest absolute Gasteiger partial charge is 0.164 e. The first-order chi connectivity index (χ1) is 5.94. The van der Waals surface area contributed by atoms with Gasteiger partial charge < -0.3 is 4.55 Å². The maximum absolute atomic E-state index is 11.2. The van der Waals surface area contributed by atoms with Crippen LogP contribution in [0.3, 0.4) is 0 Å². The van der Waals surface area contributed by atoms with E-state index in [1.807, 2.05) is 45.0 Å². The van der Waals surface area contributed by atoms with E-state index in [1.165, 1.54) is 5.56 Å². The van der Waals surface area contributed by atoms with Crippen LogP contribution in [-0.4, -0.2) is 4.55 Å². The zero-order chi connectivity index (χ0) is 10.1. The Morgan fingerprint density at radius 2 is 1.69 bits per heavy atom. The molecule has 0 aromatic heterocycles. The highest BCUT2D eigenvalue weighted by Crippen LogP contribution is 2.27. The van der Waals surface area contributed by atoms with E-state index in [2.05, 4.69) is 0 Å². The van der Waals surface area contributed by atoms with Crippen LogP contribution in [0.5, 0.6) is 0 Å². The molecule has 1 atom stereocenters. The highest BCUT2D eigenvalue weighted by atomic mass is 32.2. The standard InChI is InChI=1S/C10H15NOS/c1-8-4-6-9(7-5-8)10(2,3)13(11)12/h4-7H,11H2,1-3H3. The van der Waals surface area contributed by atoms with Crippen molar-refractivity contribution in [3.63, 3.8) is 0 Å². The minimum absolute atomic E-state index is 0.465. The molecule has 0 heterocycles. The monoisotopic (exact) mass is 197 g/mol. The molecule has 0 amide bonds. The molecule has 0 aliphatic rings. The quantitative estimate of drug-likeness (QED) is 0.736. The second-order valence-corrected chi connectivity index (χ2v) is 5.29. The van der Waals surface area contributed by atoms with E-state index in [9.17, 15) is 4.55 Å². The van der Waals surface area contributed by atoms with Crippen LogP contribution < -0.4 is 5.14 Å². The minimum Gasteiger partial charge on any atom is -0.598 e. The van der Waals surface area contributed by atoms with Gasteiger partial charge in [0.25, 0.3) is 0 Å². The predicted octanol–water partition coefficient (Wildman–Crippen LogP) is 1.85. The fraction of sp³-hybridized carbons (Fsp3) is 0.400. The van der Waals surface area contributed by atoms with Gasteiger partial charge in [0.2, 0.25) is 0 Å². The Labute approximate surface area is 82.5 Å². The first-order valence-corrected chi connectivity index (χ1v) is 5.39. The van der Waals surface area contributed by atoms with Gasteiger partial charge in [-0.05, 0) is 20.8 Å². The summed E-state index contributed by atoms with van der Waals surface area (Å²) in [5.74, 6) is 0. The minimum atomic E-state index is -1.33. The van der Waals surface area contributed by atoms with E-state index >= 15 is 0 Å². The van der Waals surface area contributed by atoms with Crippen molar-refractivity contribution >= 4 is 11.4 Å². The molecule has 0 spiro atoms. The molecule has 0 saturated carbocycles. The summed E-state index contributed by atoms with van der Waals surface area (Å²) < 4.78 is 10.8. The molecule has 0 bridgehead atoms. The SMILES string of the molecule is Cc1ccc(C(C)(C)[S+](N)[O-])cc1. The normalized spacial score (nSPS) is 14.2. The Bertz CT molecular complexity index is 279. The molecule has 1 aromatic rings. The molecule has 0 aliphatic carbocycles. The zero-order valence-corrected chi connectivity index (χ0v) is 9.02. The predicted molar refractivity (Wildman–Crippen MR) is 56.5 cm³/mol. The number of nitrogens with two attached hydrogens (primary N) is 1. The van der Waals surface area contributed by atoms with Crippen molar-refractivity contribution in [1.29, 1.82) is 0 Å².